The van der Waals surface area contributed by atoms with E-state index in [4.69, 9.17) is 4.74 Å². The van der Waals surface area contributed by atoms with E-state index in [-0.39, 0.29) is 23.9 Å². The second kappa shape index (κ2) is 5.42. The summed E-state index contributed by atoms with van der Waals surface area (Å²) in [7, 11) is 0. The normalized spacial score (nSPS) is 44.1. The van der Waals surface area contributed by atoms with Gasteiger partial charge in [0.25, 0.3) is 0 Å². The zero-order chi connectivity index (χ0) is 17.1. The van der Waals surface area contributed by atoms with Crippen molar-refractivity contribution in [2.75, 3.05) is 0 Å². The molecule has 0 spiro atoms. The van der Waals surface area contributed by atoms with Crippen molar-refractivity contribution in [3.05, 3.63) is 48.6 Å². The van der Waals surface area contributed by atoms with E-state index >= 15 is 0 Å². The molecule has 0 amide bonds. The van der Waals surface area contributed by atoms with Crippen LogP contribution in [-0.2, 0) is 10.3 Å². The Morgan fingerprint density at radius 1 is 1.25 bits per heavy atom. The van der Waals surface area contributed by atoms with Crippen molar-refractivity contribution in [2.45, 2.75) is 69.5 Å². The first-order valence-electron chi connectivity index (χ1n) is 9.25. The predicted molar refractivity (Wildman–Crippen MR) is 95.4 cm³/mol. The van der Waals surface area contributed by atoms with Crippen LogP contribution in [0.5, 0.6) is 0 Å². The van der Waals surface area contributed by atoms with E-state index in [0.29, 0.717) is 11.8 Å². The molecule has 2 heterocycles. The summed E-state index contributed by atoms with van der Waals surface area (Å²) in [5.41, 5.74) is -0.0752. The molecule has 0 unspecified atom stereocenters. The van der Waals surface area contributed by atoms with Crippen LogP contribution in [0.25, 0.3) is 0 Å². The van der Waals surface area contributed by atoms with Crippen molar-refractivity contribution in [1.82, 2.24) is 4.90 Å². The van der Waals surface area contributed by atoms with Gasteiger partial charge in [-0.1, -0.05) is 49.8 Å². The molecule has 24 heavy (non-hydrogen) atoms. The van der Waals surface area contributed by atoms with Gasteiger partial charge >= 0.3 is 0 Å². The maximum absolute atomic E-state index is 11.6. The molecule has 3 heteroatoms. The van der Waals surface area contributed by atoms with Crippen LogP contribution in [-0.4, -0.2) is 33.9 Å². The van der Waals surface area contributed by atoms with Crippen molar-refractivity contribution in [1.29, 1.82) is 0 Å². The molecule has 1 N–H and O–H groups in total. The van der Waals surface area contributed by atoms with Gasteiger partial charge in [-0.3, -0.25) is 4.90 Å². The molecule has 4 rings (SSSR count). The number of ether oxygens (including phenoxy) is 1. The maximum atomic E-state index is 11.6. The average molecular weight is 327 g/mol. The third-order valence-corrected chi connectivity index (χ3v) is 6.77. The van der Waals surface area contributed by atoms with Gasteiger partial charge in [0.1, 0.15) is 11.8 Å². The van der Waals surface area contributed by atoms with E-state index in [9.17, 15) is 5.11 Å². The topological polar surface area (TPSA) is 32.7 Å². The smallest absolute Gasteiger partial charge is 0.148 e. The Balaban J connectivity index is 1.73. The van der Waals surface area contributed by atoms with Crippen molar-refractivity contribution in [3.63, 3.8) is 0 Å². The Kier molecular flexibility index (Phi) is 3.68. The Morgan fingerprint density at radius 3 is 2.62 bits per heavy atom. The van der Waals surface area contributed by atoms with E-state index in [1.54, 1.807) is 0 Å². The molecule has 1 aromatic rings. The van der Waals surface area contributed by atoms with Gasteiger partial charge in [-0.25, -0.2) is 0 Å². The number of aliphatic hydroxyl groups is 1. The first kappa shape index (κ1) is 16.3. The molecule has 2 aliphatic heterocycles. The van der Waals surface area contributed by atoms with Gasteiger partial charge in [0.15, 0.2) is 0 Å². The minimum absolute atomic E-state index is 0.00753. The van der Waals surface area contributed by atoms with Crippen LogP contribution >= 0.6 is 0 Å². The van der Waals surface area contributed by atoms with Crippen molar-refractivity contribution in [2.24, 2.45) is 11.8 Å². The fourth-order valence-corrected chi connectivity index (χ4v) is 5.42. The standard InChI is InChI=1S/C21H29NO2/c1-5-18-21(23,15-9-7-6-8-10-15)19-22(18)20(3,4)16-12-11-14(2)13-17(16)24-19/h5-10,14,16-19,23H,1,11-13H2,2-4H3/t14-,16-,17-,18+,19+,21-/m1/s1. The van der Waals surface area contributed by atoms with Gasteiger partial charge < -0.3 is 9.84 Å². The largest absolute Gasteiger partial charge is 0.379 e. The average Bonchev–Trinajstić information content (AvgIpc) is 2.56. The molecule has 3 fully saturated rings. The highest BCUT2D eigenvalue weighted by Crippen LogP contribution is 2.57. The van der Waals surface area contributed by atoms with Crippen LogP contribution in [0, 0.1) is 11.8 Å². The lowest BCUT2D eigenvalue weighted by Gasteiger charge is -2.70. The minimum atomic E-state index is -1.01. The Labute approximate surface area is 145 Å². The fourth-order valence-electron chi connectivity index (χ4n) is 5.42. The summed E-state index contributed by atoms with van der Waals surface area (Å²) in [6.07, 6.45) is 5.42. The first-order chi connectivity index (χ1) is 11.4. The highest BCUT2D eigenvalue weighted by atomic mass is 16.5. The molecular weight excluding hydrogens is 298 g/mol. The molecule has 0 radical (unpaired) electrons. The number of hydrogen-bond acceptors (Lipinski definition) is 3. The highest BCUT2D eigenvalue weighted by molar-refractivity contribution is 5.35. The number of hydrogen-bond donors (Lipinski definition) is 1. The van der Waals surface area contributed by atoms with E-state index in [1.165, 1.54) is 12.8 Å². The van der Waals surface area contributed by atoms with Crippen LogP contribution in [0.2, 0.25) is 0 Å². The number of nitrogens with zero attached hydrogens (tertiary/aromatic N) is 1. The van der Waals surface area contributed by atoms with Crippen LogP contribution in [0.15, 0.2) is 43.0 Å². The molecule has 130 valence electrons. The van der Waals surface area contributed by atoms with E-state index in [2.05, 4.69) is 32.3 Å². The quantitative estimate of drug-likeness (QED) is 0.841. The Morgan fingerprint density at radius 2 is 1.96 bits per heavy atom. The Bertz CT molecular complexity index is 628. The maximum Gasteiger partial charge on any atom is 0.148 e. The Hall–Kier alpha value is -1.16. The number of rotatable bonds is 2. The van der Waals surface area contributed by atoms with Crippen LogP contribution in [0.1, 0.15) is 45.6 Å². The molecular formula is C21H29NO2. The summed E-state index contributed by atoms with van der Waals surface area (Å²) >= 11 is 0. The second-order valence-corrected chi connectivity index (χ2v) is 8.48. The van der Waals surface area contributed by atoms with Gasteiger partial charge in [-0.05, 0) is 38.2 Å². The SMILES string of the molecule is C=C[C@@H]1N2[C@@H](O[C@@H]3C[C@H](C)CC[C@H]3C2(C)C)[C@@]1(O)c1ccccc1. The third kappa shape index (κ3) is 2.01. The van der Waals surface area contributed by atoms with E-state index in [0.717, 1.165) is 12.0 Å². The van der Waals surface area contributed by atoms with Crippen molar-refractivity contribution in [3.8, 4) is 0 Å². The lowest BCUT2D eigenvalue weighted by atomic mass is 9.63. The molecule has 1 aliphatic carbocycles. The lowest BCUT2D eigenvalue weighted by molar-refractivity contribution is -0.375. The number of fused-ring (bicyclic) bond motifs is 2. The van der Waals surface area contributed by atoms with Crippen LogP contribution < -0.4 is 0 Å². The molecule has 1 aromatic carbocycles. The van der Waals surface area contributed by atoms with Gasteiger partial charge in [-0.2, -0.15) is 0 Å². The molecule has 6 atom stereocenters. The molecule has 0 aromatic heterocycles. The van der Waals surface area contributed by atoms with Crippen molar-refractivity contribution >= 4 is 0 Å². The number of benzene rings is 1. The zero-order valence-electron chi connectivity index (χ0n) is 15.0. The van der Waals surface area contributed by atoms with E-state index in [1.807, 2.05) is 36.4 Å². The second-order valence-electron chi connectivity index (χ2n) is 8.48. The highest BCUT2D eigenvalue weighted by Gasteiger charge is 2.69. The van der Waals surface area contributed by atoms with Gasteiger partial charge in [0, 0.05) is 11.5 Å². The molecule has 1 saturated carbocycles. The summed E-state index contributed by atoms with van der Waals surface area (Å²) in [4.78, 5) is 2.35. The predicted octanol–water partition coefficient (Wildman–Crippen LogP) is 3.68. The molecule has 3 nitrogen and oxygen atoms in total. The zero-order valence-corrected chi connectivity index (χ0v) is 15.0. The van der Waals surface area contributed by atoms with Gasteiger partial charge in [0.05, 0.1) is 12.1 Å². The summed E-state index contributed by atoms with van der Waals surface area (Å²) < 4.78 is 6.53. The van der Waals surface area contributed by atoms with Gasteiger partial charge in [-0.15, -0.1) is 6.58 Å². The van der Waals surface area contributed by atoms with Crippen LogP contribution in [0.3, 0.4) is 0 Å². The third-order valence-electron chi connectivity index (χ3n) is 6.77. The summed E-state index contributed by atoms with van der Waals surface area (Å²) in [5.74, 6) is 1.22. The summed E-state index contributed by atoms with van der Waals surface area (Å²) in [5, 5.41) is 11.6. The van der Waals surface area contributed by atoms with Gasteiger partial charge in [0.2, 0.25) is 0 Å². The molecule has 2 saturated heterocycles. The van der Waals surface area contributed by atoms with Crippen LogP contribution in [0.4, 0.5) is 0 Å². The van der Waals surface area contributed by atoms with E-state index < -0.39 is 5.60 Å². The fraction of sp³-hybridized carbons (Fsp3) is 0.619. The summed E-state index contributed by atoms with van der Waals surface area (Å²) in [6.45, 7) is 11.0. The summed E-state index contributed by atoms with van der Waals surface area (Å²) in [6, 6.07) is 9.83. The molecule has 3 aliphatic rings. The molecule has 0 bridgehead atoms. The first-order valence-corrected chi connectivity index (χ1v) is 9.25. The minimum Gasteiger partial charge on any atom is -0.379 e. The lowest BCUT2D eigenvalue weighted by Crippen LogP contribution is -2.83. The van der Waals surface area contributed by atoms with Crippen molar-refractivity contribution < 1.29 is 9.84 Å². The monoisotopic (exact) mass is 327 g/mol.